The van der Waals surface area contributed by atoms with E-state index in [1.165, 1.54) is 21.1 Å². The highest BCUT2D eigenvalue weighted by Crippen LogP contribution is 2.55. The van der Waals surface area contributed by atoms with E-state index in [-0.39, 0.29) is 80.2 Å². The van der Waals surface area contributed by atoms with Crippen LogP contribution in [-0.4, -0.2) is 79.0 Å². The van der Waals surface area contributed by atoms with Crippen molar-refractivity contribution in [3.05, 3.63) is 51.3 Å². The Morgan fingerprint density at radius 3 is 2.08 bits per heavy atom. The van der Waals surface area contributed by atoms with Crippen molar-refractivity contribution >= 4 is 34.8 Å². The van der Waals surface area contributed by atoms with E-state index in [4.69, 9.17) is 33.2 Å². The van der Waals surface area contributed by atoms with Crippen LogP contribution in [0.15, 0.2) is 17.9 Å². The maximum Gasteiger partial charge on any atom is 0.371 e. The second-order valence-corrected chi connectivity index (χ2v) is 11.3. The SMILES string of the molecule is COC(=O)c1c(O)c2c(c(-c3c4c(c(O)c5c(OC)cc(OC)cc35)COC(C)C4O)c1C=C(OC)C(=O)O)C(OC(C)=O)C(C)OC2. The minimum atomic E-state index is -1.51. The molecule has 4 atom stereocenters. The zero-order valence-corrected chi connectivity index (χ0v) is 27.3. The molecule has 14 nitrogen and oxygen atoms in total. The molecule has 5 rings (SSSR count). The molecule has 0 bridgehead atoms. The predicted molar refractivity (Wildman–Crippen MR) is 168 cm³/mol. The minimum Gasteiger partial charge on any atom is -0.507 e. The highest BCUT2D eigenvalue weighted by molar-refractivity contribution is 6.11. The van der Waals surface area contributed by atoms with Crippen LogP contribution in [0.5, 0.6) is 23.0 Å². The molecule has 4 N–H and O–H groups in total. The summed E-state index contributed by atoms with van der Waals surface area (Å²) in [7, 11) is 5.01. The summed E-state index contributed by atoms with van der Waals surface area (Å²) in [5, 5.41) is 45.7. The predicted octanol–water partition coefficient (Wildman–Crippen LogP) is 4.27. The van der Waals surface area contributed by atoms with Crippen molar-refractivity contribution in [3.8, 4) is 34.1 Å². The van der Waals surface area contributed by atoms with Gasteiger partial charge in [-0.25, -0.2) is 9.59 Å². The Kier molecular flexibility index (Phi) is 9.44. The number of rotatable bonds is 8. The first-order valence-electron chi connectivity index (χ1n) is 14.8. The number of carboxylic acids is 1. The number of ether oxygens (including phenoxy) is 7. The van der Waals surface area contributed by atoms with Crippen molar-refractivity contribution in [2.75, 3.05) is 28.4 Å². The zero-order chi connectivity index (χ0) is 35.2. The first-order chi connectivity index (χ1) is 22.8. The van der Waals surface area contributed by atoms with E-state index in [0.29, 0.717) is 0 Å². The summed E-state index contributed by atoms with van der Waals surface area (Å²) in [4.78, 5) is 38.4. The molecular weight excluding hydrogens is 632 g/mol. The van der Waals surface area contributed by atoms with Crippen LogP contribution in [0.25, 0.3) is 28.0 Å². The summed E-state index contributed by atoms with van der Waals surface area (Å²) < 4.78 is 39.0. The standard InChI is InChI=1S/C34H36O14/c1-13-29(36)26-19(11-46-13)30(37)23-17(8-16(42-4)9-21(23)43-5)24(26)25-18(10-22(44-6)33(39)40)28(34(41)45-7)31(38)20-12-47-14(2)32(27(20)25)48-15(3)35/h8-10,13-14,29,32,36-38H,11-12H2,1-7H3,(H,39,40). The fourth-order valence-corrected chi connectivity index (χ4v) is 6.39. The molecule has 0 amide bonds. The molecule has 0 radical (unpaired) electrons. The molecule has 0 saturated heterocycles. The van der Waals surface area contributed by atoms with Crippen molar-refractivity contribution < 1.29 is 68.0 Å². The molecule has 14 heteroatoms. The molecule has 48 heavy (non-hydrogen) atoms. The molecule has 3 aromatic rings. The first kappa shape index (κ1) is 34.3. The van der Waals surface area contributed by atoms with Crippen LogP contribution in [0, 0.1) is 0 Å². The molecule has 2 heterocycles. The van der Waals surface area contributed by atoms with Gasteiger partial charge in [-0.15, -0.1) is 0 Å². The molecule has 0 aromatic heterocycles. The lowest BCUT2D eigenvalue weighted by molar-refractivity contribution is -0.157. The van der Waals surface area contributed by atoms with Crippen LogP contribution in [0.4, 0.5) is 0 Å². The lowest BCUT2D eigenvalue weighted by Gasteiger charge is -2.37. The largest absolute Gasteiger partial charge is 0.507 e. The number of carboxylic acid groups (broad SMARTS) is 1. The number of carbonyl (C=O) groups excluding carboxylic acids is 2. The summed E-state index contributed by atoms with van der Waals surface area (Å²) in [5.74, 6) is -4.30. The second-order valence-electron chi connectivity index (χ2n) is 11.3. The number of aliphatic hydroxyl groups is 1. The maximum atomic E-state index is 13.5. The van der Waals surface area contributed by atoms with Crippen LogP contribution in [0.1, 0.15) is 71.2 Å². The average Bonchev–Trinajstić information content (AvgIpc) is 3.06. The van der Waals surface area contributed by atoms with Crippen molar-refractivity contribution in [3.63, 3.8) is 0 Å². The van der Waals surface area contributed by atoms with Crippen LogP contribution in [-0.2, 0) is 46.5 Å². The highest BCUT2D eigenvalue weighted by Gasteiger charge is 2.42. The summed E-state index contributed by atoms with van der Waals surface area (Å²) in [6, 6.07) is 3.11. The Balaban J connectivity index is 2.19. The number of hydrogen-bond donors (Lipinski definition) is 4. The Hall–Kier alpha value is -5.05. The highest BCUT2D eigenvalue weighted by atomic mass is 16.6. The fourth-order valence-electron chi connectivity index (χ4n) is 6.39. The van der Waals surface area contributed by atoms with Gasteiger partial charge < -0.3 is 53.6 Å². The summed E-state index contributed by atoms with van der Waals surface area (Å²) in [6.45, 7) is 4.04. The number of esters is 2. The lowest BCUT2D eigenvalue weighted by atomic mass is 9.76. The molecule has 0 spiro atoms. The van der Waals surface area contributed by atoms with Crippen molar-refractivity contribution in [1.82, 2.24) is 0 Å². The van der Waals surface area contributed by atoms with Gasteiger partial charge in [0.1, 0.15) is 34.7 Å². The monoisotopic (exact) mass is 668 g/mol. The first-order valence-corrected chi connectivity index (χ1v) is 14.8. The summed E-state index contributed by atoms with van der Waals surface area (Å²) >= 11 is 0. The van der Waals surface area contributed by atoms with Crippen LogP contribution in [0.3, 0.4) is 0 Å². The number of aliphatic carboxylic acids is 1. The van der Waals surface area contributed by atoms with E-state index in [1.54, 1.807) is 26.0 Å². The third-order valence-electron chi connectivity index (χ3n) is 8.64. The number of aliphatic hydroxyl groups excluding tert-OH is 1. The average molecular weight is 669 g/mol. The molecule has 0 fully saturated rings. The van der Waals surface area contributed by atoms with Gasteiger partial charge in [-0.3, -0.25) is 4.79 Å². The molecule has 0 saturated carbocycles. The van der Waals surface area contributed by atoms with Gasteiger partial charge in [0, 0.05) is 46.2 Å². The van der Waals surface area contributed by atoms with Crippen LogP contribution in [0.2, 0.25) is 0 Å². The number of methoxy groups -OCH3 is 4. The third-order valence-corrected chi connectivity index (χ3v) is 8.64. The molecule has 3 aromatic carbocycles. The Bertz CT molecular complexity index is 1860. The lowest BCUT2D eigenvalue weighted by Crippen LogP contribution is -2.31. The van der Waals surface area contributed by atoms with Gasteiger partial charge in [0.15, 0.2) is 6.10 Å². The Labute approximate surface area is 274 Å². The maximum absolute atomic E-state index is 13.5. The smallest absolute Gasteiger partial charge is 0.371 e. The van der Waals surface area contributed by atoms with Gasteiger partial charge in [-0.2, -0.15) is 0 Å². The number of fused-ring (bicyclic) bond motifs is 3. The second kappa shape index (κ2) is 13.2. The van der Waals surface area contributed by atoms with Gasteiger partial charge in [-0.05, 0) is 37.1 Å². The van der Waals surface area contributed by atoms with Crippen molar-refractivity contribution in [1.29, 1.82) is 0 Å². The van der Waals surface area contributed by atoms with E-state index in [0.717, 1.165) is 20.3 Å². The van der Waals surface area contributed by atoms with Gasteiger partial charge >= 0.3 is 17.9 Å². The number of aromatic hydroxyl groups is 2. The molecule has 4 unspecified atom stereocenters. The van der Waals surface area contributed by atoms with Gasteiger partial charge in [0.25, 0.3) is 0 Å². The zero-order valence-electron chi connectivity index (χ0n) is 27.3. The molecule has 2 aliphatic heterocycles. The Morgan fingerprint density at radius 2 is 1.52 bits per heavy atom. The Morgan fingerprint density at radius 1 is 0.875 bits per heavy atom. The van der Waals surface area contributed by atoms with E-state index >= 15 is 0 Å². The molecular formula is C34H36O14. The van der Waals surface area contributed by atoms with E-state index in [1.807, 2.05) is 0 Å². The summed E-state index contributed by atoms with van der Waals surface area (Å²) in [5.41, 5.74) is 0.124. The minimum absolute atomic E-state index is 0.0422. The van der Waals surface area contributed by atoms with Gasteiger partial charge in [0.2, 0.25) is 5.76 Å². The van der Waals surface area contributed by atoms with Crippen LogP contribution < -0.4 is 9.47 Å². The van der Waals surface area contributed by atoms with Crippen molar-refractivity contribution in [2.45, 2.75) is 58.4 Å². The number of carbonyl (C=O) groups is 3. The van der Waals surface area contributed by atoms with Crippen molar-refractivity contribution in [2.24, 2.45) is 0 Å². The third kappa shape index (κ3) is 5.51. The summed E-state index contributed by atoms with van der Waals surface area (Å²) in [6.07, 6.45) is -3.18. The number of benzene rings is 3. The van der Waals surface area contributed by atoms with Gasteiger partial charge in [-0.1, -0.05) is 0 Å². The van der Waals surface area contributed by atoms with Crippen LogP contribution >= 0.6 is 0 Å². The normalized spacial score (nSPS) is 20.4. The number of phenolic OH excluding ortho intramolecular Hbond substituents is 2. The molecule has 256 valence electrons. The van der Waals surface area contributed by atoms with E-state index in [2.05, 4.69) is 0 Å². The number of hydrogen-bond acceptors (Lipinski definition) is 13. The topological polar surface area (TPSA) is 197 Å². The molecule has 0 aliphatic carbocycles. The fraction of sp³-hybridized carbons (Fsp3) is 0.382. The van der Waals surface area contributed by atoms with E-state index in [9.17, 15) is 34.8 Å². The quantitative estimate of drug-likeness (QED) is 0.151. The van der Waals surface area contributed by atoms with Gasteiger partial charge in [0.05, 0.1) is 59.2 Å². The number of phenols is 2. The van der Waals surface area contributed by atoms with E-state index < -0.39 is 59.4 Å². The molecule has 2 aliphatic rings.